The average Bonchev–Trinajstić information content (AvgIpc) is 2.53. The summed E-state index contributed by atoms with van der Waals surface area (Å²) in [4.78, 5) is 0. The third-order valence-electron chi connectivity index (χ3n) is 3.86. The van der Waals surface area contributed by atoms with Gasteiger partial charge in [0.05, 0.1) is 0 Å². The lowest BCUT2D eigenvalue weighted by molar-refractivity contribution is 0.364. The molecule has 0 heterocycles. The first-order valence-electron chi connectivity index (χ1n) is 4.67. The van der Waals surface area contributed by atoms with Gasteiger partial charge in [0.25, 0.3) is 0 Å². The van der Waals surface area contributed by atoms with Crippen molar-refractivity contribution in [3.8, 4) is 0 Å². The minimum absolute atomic E-state index is 0.496. The van der Waals surface area contributed by atoms with Gasteiger partial charge in [-0.05, 0) is 42.9 Å². The van der Waals surface area contributed by atoms with Crippen molar-refractivity contribution in [2.24, 2.45) is 23.7 Å². The van der Waals surface area contributed by atoms with E-state index in [9.17, 15) is 0 Å². The molecule has 0 N–H and O–H groups in total. The molecule has 11 heavy (non-hydrogen) atoms. The van der Waals surface area contributed by atoms with Crippen molar-refractivity contribution in [3.63, 3.8) is 0 Å². The summed E-state index contributed by atoms with van der Waals surface area (Å²) >= 11 is 6.15. The summed E-state index contributed by atoms with van der Waals surface area (Å²) in [6.07, 6.45) is 8.88. The van der Waals surface area contributed by atoms with Crippen LogP contribution in [0.5, 0.6) is 0 Å². The number of hydrogen-bond acceptors (Lipinski definition) is 0. The van der Waals surface area contributed by atoms with Gasteiger partial charge < -0.3 is 0 Å². The zero-order valence-corrected chi connectivity index (χ0v) is 7.30. The molecule has 3 aliphatic carbocycles. The van der Waals surface area contributed by atoms with Crippen molar-refractivity contribution in [3.05, 3.63) is 12.2 Å². The van der Waals surface area contributed by atoms with Crippen molar-refractivity contribution in [1.82, 2.24) is 0 Å². The Labute approximate surface area is 72.6 Å². The fraction of sp³-hybridized carbons (Fsp3) is 0.800. The minimum atomic E-state index is 0.496. The average molecular weight is 169 g/mol. The van der Waals surface area contributed by atoms with Crippen LogP contribution in [-0.2, 0) is 0 Å². The van der Waals surface area contributed by atoms with Crippen LogP contribution in [0.15, 0.2) is 12.2 Å². The summed E-state index contributed by atoms with van der Waals surface area (Å²) in [6.45, 7) is 0. The molecule has 1 unspecified atom stereocenters. The van der Waals surface area contributed by atoms with E-state index in [0.717, 1.165) is 23.7 Å². The summed E-state index contributed by atoms with van der Waals surface area (Å²) in [5.41, 5.74) is 0. The largest absolute Gasteiger partial charge is 0.123 e. The topological polar surface area (TPSA) is 0 Å². The van der Waals surface area contributed by atoms with Crippen molar-refractivity contribution in [1.29, 1.82) is 0 Å². The van der Waals surface area contributed by atoms with Gasteiger partial charge in [-0.25, -0.2) is 0 Å². The van der Waals surface area contributed by atoms with Crippen molar-refractivity contribution in [2.45, 2.75) is 24.6 Å². The highest BCUT2D eigenvalue weighted by Gasteiger charge is 2.48. The smallest absolute Gasteiger partial charge is 0.0342 e. The first kappa shape index (κ1) is 6.54. The molecule has 3 aliphatic rings. The number of rotatable bonds is 0. The van der Waals surface area contributed by atoms with Gasteiger partial charge in [-0.2, -0.15) is 0 Å². The van der Waals surface area contributed by atoms with Gasteiger partial charge in [0.1, 0.15) is 0 Å². The third-order valence-corrected chi connectivity index (χ3v) is 4.21. The zero-order chi connectivity index (χ0) is 7.42. The Morgan fingerprint density at radius 1 is 0.909 bits per heavy atom. The Morgan fingerprint density at radius 2 is 1.45 bits per heavy atom. The van der Waals surface area contributed by atoms with Crippen LogP contribution in [0.4, 0.5) is 0 Å². The summed E-state index contributed by atoms with van der Waals surface area (Å²) in [7, 11) is 0. The molecule has 0 spiro atoms. The van der Waals surface area contributed by atoms with Crippen molar-refractivity contribution < 1.29 is 0 Å². The maximum absolute atomic E-state index is 6.15. The van der Waals surface area contributed by atoms with Crippen LogP contribution in [0.1, 0.15) is 19.3 Å². The molecule has 0 saturated heterocycles. The molecule has 5 atom stereocenters. The standard InChI is InChI=1S/C10H13Cl/c11-8-4-9-6-1-2-7(3-6)10(9)5-8/h1-2,6-10H,3-5H2/t6-,7+,8?,9-,10+. The minimum Gasteiger partial charge on any atom is -0.123 e. The molecular weight excluding hydrogens is 156 g/mol. The summed E-state index contributed by atoms with van der Waals surface area (Å²) in [5.74, 6) is 3.75. The van der Waals surface area contributed by atoms with Gasteiger partial charge in [-0.3, -0.25) is 0 Å². The molecule has 60 valence electrons. The van der Waals surface area contributed by atoms with E-state index in [4.69, 9.17) is 11.6 Å². The van der Waals surface area contributed by atoms with Crippen LogP contribution < -0.4 is 0 Å². The molecule has 3 rings (SSSR count). The van der Waals surface area contributed by atoms with Crippen LogP contribution >= 0.6 is 11.6 Å². The fourth-order valence-corrected chi connectivity index (χ4v) is 3.82. The number of allylic oxidation sites excluding steroid dienone is 2. The number of fused-ring (bicyclic) bond motifs is 5. The summed E-state index contributed by atoms with van der Waals surface area (Å²) in [6, 6.07) is 0. The Morgan fingerprint density at radius 3 is 2.00 bits per heavy atom. The molecule has 1 heteroatoms. The van der Waals surface area contributed by atoms with E-state index in [1.165, 1.54) is 19.3 Å². The predicted octanol–water partition coefficient (Wildman–Crippen LogP) is 2.83. The lowest BCUT2D eigenvalue weighted by atomic mass is 9.86. The maximum Gasteiger partial charge on any atom is 0.0342 e. The van der Waals surface area contributed by atoms with Gasteiger partial charge in [-0.15, -0.1) is 11.6 Å². The molecule has 0 aromatic rings. The van der Waals surface area contributed by atoms with Crippen LogP contribution in [0.2, 0.25) is 0 Å². The number of halogens is 1. The molecular formula is C10H13Cl. The predicted molar refractivity (Wildman–Crippen MR) is 46.6 cm³/mol. The molecule has 2 fully saturated rings. The van der Waals surface area contributed by atoms with Gasteiger partial charge in [-0.1, -0.05) is 12.2 Å². The van der Waals surface area contributed by atoms with Crippen LogP contribution in [0.25, 0.3) is 0 Å². The molecule has 0 aromatic carbocycles. The van der Waals surface area contributed by atoms with E-state index in [-0.39, 0.29) is 0 Å². The molecule has 0 aliphatic heterocycles. The Balaban J connectivity index is 1.92. The van der Waals surface area contributed by atoms with Gasteiger partial charge in [0.2, 0.25) is 0 Å². The highest BCUT2D eigenvalue weighted by atomic mass is 35.5. The second-order valence-corrected chi connectivity index (χ2v) is 4.96. The van der Waals surface area contributed by atoms with Gasteiger partial charge in [0.15, 0.2) is 0 Å². The second-order valence-electron chi connectivity index (χ2n) is 4.34. The van der Waals surface area contributed by atoms with E-state index >= 15 is 0 Å². The van der Waals surface area contributed by atoms with E-state index in [2.05, 4.69) is 12.2 Å². The molecule has 0 radical (unpaired) electrons. The highest BCUT2D eigenvalue weighted by molar-refractivity contribution is 6.20. The van der Waals surface area contributed by atoms with Crippen molar-refractivity contribution in [2.75, 3.05) is 0 Å². The molecule has 0 amide bonds. The fourth-order valence-electron chi connectivity index (χ4n) is 3.41. The lowest BCUT2D eigenvalue weighted by Gasteiger charge is -2.18. The van der Waals surface area contributed by atoms with E-state index in [0.29, 0.717) is 5.38 Å². The monoisotopic (exact) mass is 168 g/mol. The SMILES string of the molecule is ClC1C[C@@H]2[C@H](C1)[C@@H]1C=C[C@H]2C1. The first-order valence-corrected chi connectivity index (χ1v) is 5.10. The zero-order valence-electron chi connectivity index (χ0n) is 6.54. The first-order chi connectivity index (χ1) is 5.34. The van der Waals surface area contributed by atoms with Gasteiger partial charge >= 0.3 is 0 Å². The Hall–Kier alpha value is 0.0300. The quantitative estimate of drug-likeness (QED) is 0.386. The number of hydrogen-bond donors (Lipinski definition) is 0. The molecule has 0 nitrogen and oxygen atoms in total. The van der Waals surface area contributed by atoms with Crippen molar-refractivity contribution >= 4 is 11.6 Å². The molecule has 2 saturated carbocycles. The third kappa shape index (κ3) is 0.767. The molecule has 2 bridgehead atoms. The van der Waals surface area contributed by atoms with E-state index < -0.39 is 0 Å². The van der Waals surface area contributed by atoms with Crippen LogP contribution in [0, 0.1) is 23.7 Å². The van der Waals surface area contributed by atoms with Crippen LogP contribution in [-0.4, -0.2) is 5.38 Å². The normalized spacial score (nSPS) is 58.8. The second kappa shape index (κ2) is 2.04. The summed E-state index contributed by atoms with van der Waals surface area (Å²) in [5, 5.41) is 0.496. The Bertz CT molecular complexity index is 189. The van der Waals surface area contributed by atoms with E-state index in [1.807, 2.05) is 0 Å². The Kier molecular flexibility index (Phi) is 1.21. The van der Waals surface area contributed by atoms with Gasteiger partial charge in [0, 0.05) is 5.38 Å². The highest BCUT2D eigenvalue weighted by Crippen LogP contribution is 2.56. The van der Waals surface area contributed by atoms with Crippen LogP contribution in [0.3, 0.4) is 0 Å². The van der Waals surface area contributed by atoms with E-state index in [1.54, 1.807) is 0 Å². The lowest BCUT2D eigenvalue weighted by Crippen LogP contribution is -2.12. The summed E-state index contributed by atoms with van der Waals surface area (Å²) < 4.78 is 0. The maximum atomic E-state index is 6.15. The molecule has 0 aromatic heterocycles. The number of alkyl halides is 1.